The SMILES string of the molecule is Cn1ccnc1P(=O)([O-])c1ccccc1. The summed E-state index contributed by atoms with van der Waals surface area (Å²) in [6.45, 7) is 0. The van der Waals surface area contributed by atoms with Crippen molar-refractivity contribution in [1.82, 2.24) is 9.55 Å². The summed E-state index contributed by atoms with van der Waals surface area (Å²) in [5, 5.41) is 0.291. The lowest BCUT2D eigenvalue weighted by molar-refractivity contribution is -0.167. The van der Waals surface area contributed by atoms with Crippen LogP contribution in [0.15, 0.2) is 42.7 Å². The van der Waals surface area contributed by atoms with Gasteiger partial charge in [-0.15, -0.1) is 0 Å². The number of aryl methyl sites for hydroxylation is 1. The van der Waals surface area contributed by atoms with Crippen LogP contribution in [0.1, 0.15) is 0 Å². The molecule has 0 aliphatic carbocycles. The molecular formula is C10H10N2O2P-. The first-order valence-corrected chi connectivity index (χ1v) is 6.09. The van der Waals surface area contributed by atoms with Crippen molar-refractivity contribution in [1.29, 1.82) is 0 Å². The van der Waals surface area contributed by atoms with Crippen LogP contribution in [-0.4, -0.2) is 9.55 Å². The Hall–Kier alpha value is -1.38. The monoisotopic (exact) mass is 221 g/mol. The maximum absolute atomic E-state index is 12.1. The van der Waals surface area contributed by atoms with Gasteiger partial charge >= 0.3 is 0 Å². The summed E-state index contributed by atoms with van der Waals surface area (Å²) in [5.74, 6) is 0. The van der Waals surface area contributed by atoms with E-state index in [0.717, 1.165) is 0 Å². The second kappa shape index (κ2) is 3.65. The van der Waals surface area contributed by atoms with Crippen LogP contribution >= 0.6 is 7.37 Å². The average molecular weight is 221 g/mol. The lowest BCUT2D eigenvalue weighted by atomic mass is 10.4. The molecule has 0 radical (unpaired) electrons. The largest absolute Gasteiger partial charge is 0.790 e. The van der Waals surface area contributed by atoms with Gasteiger partial charge in [-0.05, 0) is 0 Å². The number of rotatable bonds is 2. The molecule has 0 aliphatic rings. The Balaban J connectivity index is 2.54. The molecule has 4 nitrogen and oxygen atoms in total. The minimum Gasteiger partial charge on any atom is -0.790 e. The first kappa shape index (κ1) is 10.1. The summed E-state index contributed by atoms with van der Waals surface area (Å²) < 4.78 is 13.6. The molecule has 0 aliphatic heterocycles. The Morgan fingerprint density at radius 3 is 2.53 bits per heavy atom. The van der Waals surface area contributed by atoms with Crippen LogP contribution in [0.25, 0.3) is 0 Å². The fraction of sp³-hybridized carbons (Fsp3) is 0.100. The molecule has 78 valence electrons. The van der Waals surface area contributed by atoms with Crippen LogP contribution < -0.4 is 15.8 Å². The number of hydrogen-bond acceptors (Lipinski definition) is 3. The van der Waals surface area contributed by atoms with E-state index in [9.17, 15) is 9.46 Å². The van der Waals surface area contributed by atoms with Gasteiger partial charge in [0.2, 0.25) is 0 Å². The summed E-state index contributed by atoms with van der Waals surface area (Å²) in [5.41, 5.74) is 0.0914. The molecule has 15 heavy (non-hydrogen) atoms. The molecule has 0 saturated carbocycles. The van der Waals surface area contributed by atoms with E-state index in [2.05, 4.69) is 4.98 Å². The van der Waals surface area contributed by atoms with E-state index in [-0.39, 0.29) is 5.57 Å². The van der Waals surface area contributed by atoms with Crippen LogP contribution in [0.5, 0.6) is 0 Å². The smallest absolute Gasteiger partial charge is 0.159 e. The van der Waals surface area contributed by atoms with Gasteiger partial charge in [-0.1, -0.05) is 30.3 Å². The third kappa shape index (κ3) is 1.74. The van der Waals surface area contributed by atoms with Crippen molar-refractivity contribution >= 4 is 18.2 Å². The van der Waals surface area contributed by atoms with Crippen molar-refractivity contribution in [3.8, 4) is 0 Å². The van der Waals surface area contributed by atoms with Crippen molar-refractivity contribution in [3.05, 3.63) is 42.7 Å². The lowest BCUT2D eigenvalue weighted by Crippen LogP contribution is -2.30. The van der Waals surface area contributed by atoms with E-state index in [1.807, 2.05) is 0 Å². The van der Waals surface area contributed by atoms with Crippen molar-refractivity contribution in [2.45, 2.75) is 0 Å². The molecule has 1 atom stereocenters. The third-order valence-corrected chi connectivity index (χ3v) is 4.09. The van der Waals surface area contributed by atoms with Gasteiger partial charge in [0.1, 0.15) is 7.37 Å². The second-order valence-electron chi connectivity index (χ2n) is 3.23. The van der Waals surface area contributed by atoms with E-state index in [0.29, 0.717) is 5.30 Å². The molecule has 5 heteroatoms. The lowest BCUT2D eigenvalue weighted by Gasteiger charge is -2.22. The number of hydrogen-bond donors (Lipinski definition) is 0. The molecule has 1 heterocycles. The average Bonchev–Trinajstić information content (AvgIpc) is 2.66. The predicted molar refractivity (Wildman–Crippen MR) is 56.5 cm³/mol. The fourth-order valence-electron chi connectivity index (χ4n) is 1.38. The van der Waals surface area contributed by atoms with Crippen molar-refractivity contribution in [2.75, 3.05) is 0 Å². The zero-order valence-corrected chi connectivity index (χ0v) is 9.09. The van der Waals surface area contributed by atoms with Crippen LogP contribution in [0.3, 0.4) is 0 Å². The van der Waals surface area contributed by atoms with E-state index in [4.69, 9.17) is 0 Å². The molecule has 1 unspecified atom stereocenters. The molecule has 0 bridgehead atoms. The Bertz CT molecular complexity index is 507. The maximum Gasteiger partial charge on any atom is 0.159 e. The molecule has 0 N–H and O–H groups in total. The van der Waals surface area contributed by atoms with E-state index in [1.165, 1.54) is 10.8 Å². The van der Waals surface area contributed by atoms with Gasteiger partial charge in [-0.2, -0.15) is 0 Å². The standard InChI is InChI=1S/C10H11N2O2P/c1-12-8-7-11-10(12)15(13,14)9-5-3-2-4-6-9/h2-8H,1H3,(H,13,14)/p-1. The van der Waals surface area contributed by atoms with E-state index >= 15 is 0 Å². The summed E-state index contributed by atoms with van der Waals surface area (Å²) in [6.07, 6.45) is 3.09. The Morgan fingerprint density at radius 1 is 1.33 bits per heavy atom. The van der Waals surface area contributed by atoms with Crippen molar-refractivity contribution < 1.29 is 9.46 Å². The second-order valence-corrected chi connectivity index (χ2v) is 5.24. The summed E-state index contributed by atoms with van der Waals surface area (Å²) in [7, 11) is -2.12. The molecule has 1 aromatic carbocycles. The van der Waals surface area contributed by atoms with Crippen LogP contribution in [0.4, 0.5) is 0 Å². The van der Waals surface area contributed by atoms with Crippen molar-refractivity contribution in [3.63, 3.8) is 0 Å². The quantitative estimate of drug-likeness (QED) is 0.671. The fourth-order valence-corrected chi connectivity index (χ4v) is 2.88. The van der Waals surface area contributed by atoms with Crippen LogP contribution in [0.2, 0.25) is 0 Å². The normalized spacial score (nSPS) is 14.8. The van der Waals surface area contributed by atoms with Crippen LogP contribution in [0, 0.1) is 0 Å². The third-order valence-electron chi connectivity index (χ3n) is 2.16. The summed E-state index contributed by atoms with van der Waals surface area (Å²) in [4.78, 5) is 15.9. The van der Waals surface area contributed by atoms with Gasteiger partial charge in [0.25, 0.3) is 0 Å². The number of imidazole rings is 1. The highest BCUT2D eigenvalue weighted by atomic mass is 31.2. The molecule has 2 rings (SSSR count). The highest BCUT2D eigenvalue weighted by Gasteiger charge is 2.17. The van der Waals surface area contributed by atoms with Crippen molar-refractivity contribution in [2.24, 2.45) is 7.05 Å². The molecular weight excluding hydrogens is 211 g/mol. The van der Waals surface area contributed by atoms with Crippen LogP contribution in [-0.2, 0) is 11.6 Å². The Labute approximate surface area is 87.7 Å². The highest BCUT2D eigenvalue weighted by Crippen LogP contribution is 2.31. The molecule has 1 aromatic heterocycles. The van der Waals surface area contributed by atoms with Gasteiger partial charge in [0, 0.05) is 24.7 Å². The summed E-state index contributed by atoms with van der Waals surface area (Å²) >= 11 is 0. The Kier molecular flexibility index (Phi) is 2.47. The van der Waals surface area contributed by atoms with Gasteiger partial charge in [0.15, 0.2) is 5.57 Å². The topological polar surface area (TPSA) is 58.0 Å². The summed E-state index contributed by atoms with van der Waals surface area (Å²) in [6, 6.07) is 8.32. The van der Waals surface area contributed by atoms with Gasteiger partial charge in [-0.25, -0.2) is 4.98 Å². The molecule has 0 spiro atoms. The minimum atomic E-state index is -3.79. The molecule has 0 saturated heterocycles. The highest BCUT2D eigenvalue weighted by molar-refractivity contribution is 7.71. The Morgan fingerprint density at radius 2 is 2.00 bits per heavy atom. The zero-order valence-electron chi connectivity index (χ0n) is 8.20. The first-order chi connectivity index (χ1) is 7.12. The maximum atomic E-state index is 12.1. The first-order valence-electron chi connectivity index (χ1n) is 4.47. The van der Waals surface area contributed by atoms with Gasteiger partial charge < -0.3 is 14.0 Å². The number of aromatic nitrogens is 2. The predicted octanol–water partition coefficient (Wildman–Crippen LogP) is 0.00930. The zero-order chi connectivity index (χ0) is 10.9. The molecule has 0 fully saturated rings. The number of benzene rings is 1. The van der Waals surface area contributed by atoms with Gasteiger partial charge in [-0.3, -0.25) is 0 Å². The number of nitrogens with zero attached hydrogens (tertiary/aromatic N) is 2. The van der Waals surface area contributed by atoms with E-state index in [1.54, 1.807) is 43.6 Å². The molecule has 2 aromatic rings. The van der Waals surface area contributed by atoms with E-state index < -0.39 is 7.37 Å². The van der Waals surface area contributed by atoms with Gasteiger partial charge in [0.05, 0.1) is 0 Å². The minimum absolute atomic E-state index is 0.0914. The molecule has 0 amide bonds.